The lowest BCUT2D eigenvalue weighted by molar-refractivity contribution is -0.114. The van der Waals surface area contributed by atoms with Crippen LogP contribution in [-0.4, -0.2) is 5.78 Å². The third kappa shape index (κ3) is 2.55. The minimum Gasteiger partial charge on any atom is -0.295 e. The molecule has 1 aromatic rings. The standard InChI is InChI=1S/C12H14OS/c13-12-4-2-1-3-10(8-12)7-11-5-6-14-9-11/h5-6,8-9H,1-4,7H2. The average molecular weight is 206 g/mol. The molecule has 1 heterocycles. The summed E-state index contributed by atoms with van der Waals surface area (Å²) < 4.78 is 0. The number of rotatable bonds is 2. The van der Waals surface area contributed by atoms with Gasteiger partial charge < -0.3 is 0 Å². The molecule has 0 amide bonds. The minimum absolute atomic E-state index is 0.313. The Labute approximate surface area is 88.5 Å². The van der Waals surface area contributed by atoms with Crippen molar-refractivity contribution >= 4 is 17.1 Å². The third-order valence-corrected chi connectivity index (χ3v) is 3.28. The summed E-state index contributed by atoms with van der Waals surface area (Å²) in [7, 11) is 0. The van der Waals surface area contributed by atoms with Crippen LogP contribution in [-0.2, 0) is 11.2 Å². The van der Waals surface area contributed by atoms with Gasteiger partial charge in [-0.3, -0.25) is 4.79 Å². The highest BCUT2D eigenvalue weighted by Gasteiger charge is 2.08. The molecular weight excluding hydrogens is 192 g/mol. The van der Waals surface area contributed by atoms with Crippen molar-refractivity contribution in [2.75, 3.05) is 0 Å². The molecular formula is C12H14OS. The second kappa shape index (κ2) is 4.56. The number of hydrogen-bond acceptors (Lipinski definition) is 2. The zero-order valence-electron chi connectivity index (χ0n) is 8.16. The molecule has 0 spiro atoms. The van der Waals surface area contributed by atoms with Gasteiger partial charge in [0.15, 0.2) is 5.78 Å². The number of thiophene rings is 1. The van der Waals surface area contributed by atoms with Gasteiger partial charge in [-0.2, -0.15) is 11.3 Å². The molecule has 1 nitrogen and oxygen atoms in total. The smallest absolute Gasteiger partial charge is 0.155 e. The van der Waals surface area contributed by atoms with Crippen LogP contribution in [0.25, 0.3) is 0 Å². The van der Waals surface area contributed by atoms with Crippen molar-refractivity contribution in [3.8, 4) is 0 Å². The fourth-order valence-electron chi connectivity index (χ4n) is 1.82. The van der Waals surface area contributed by atoms with E-state index in [1.54, 1.807) is 11.3 Å². The van der Waals surface area contributed by atoms with Crippen LogP contribution in [0, 0.1) is 0 Å². The fourth-order valence-corrected chi connectivity index (χ4v) is 2.49. The number of allylic oxidation sites excluding steroid dienone is 2. The van der Waals surface area contributed by atoms with Crippen molar-refractivity contribution < 1.29 is 4.79 Å². The van der Waals surface area contributed by atoms with Gasteiger partial charge in [-0.1, -0.05) is 5.57 Å². The molecule has 0 aliphatic heterocycles. The maximum absolute atomic E-state index is 11.3. The van der Waals surface area contributed by atoms with Crippen molar-refractivity contribution in [3.63, 3.8) is 0 Å². The Hall–Kier alpha value is -0.890. The van der Waals surface area contributed by atoms with Crippen LogP contribution in [0.3, 0.4) is 0 Å². The summed E-state index contributed by atoms with van der Waals surface area (Å²) in [5, 5.41) is 4.25. The molecule has 74 valence electrons. The summed E-state index contributed by atoms with van der Waals surface area (Å²) in [6.07, 6.45) is 6.90. The van der Waals surface area contributed by atoms with E-state index < -0.39 is 0 Å². The quantitative estimate of drug-likeness (QED) is 0.725. The van der Waals surface area contributed by atoms with E-state index >= 15 is 0 Å². The molecule has 0 fully saturated rings. The summed E-state index contributed by atoms with van der Waals surface area (Å²) in [6.45, 7) is 0. The third-order valence-electron chi connectivity index (χ3n) is 2.55. The average Bonchev–Trinajstić information content (AvgIpc) is 2.56. The van der Waals surface area contributed by atoms with Crippen molar-refractivity contribution in [2.45, 2.75) is 32.1 Å². The first-order valence-corrected chi connectivity index (χ1v) is 6.02. The first-order valence-electron chi connectivity index (χ1n) is 5.08. The van der Waals surface area contributed by atoms with E-state index in [9.17, 15) is 4.79 Å². The lowest BCUT2D eigenvalue weighted by Gasteiger charge is -2.01. The van der Waals surface area contributed by atoms with Crippen LogP contribution in [0.1, 0.15) is 31.2 Å². The molecule has 0 N–H and O–H groups in total. The summed E-state index contributed by atoms with van der Waals surface area (Å²) in [4.78, 5) is 11.3. The molecule has 1 aliphatic carbocycles. The Balaban J connectivity index is 2.05. The zero-order chi connectivity index (χ0) is 9.80. The molecule has 1 aliphatic rings. The van der Waals surface area contributed by atoms with Crippen molar-refractivity contribution in [2.24, 2.45) is 0 Å². The van der Waals surface area contributed by atoms with Crippen LogP contribution in [0.15, 0.2) is 28.5 Å². The number of hydrogen-bond donors (Lipinski definition) is 0. The van der Waals surface area contributed by atoms with E-state index in [-0.39, 0.29) is 0 Å². The van der Waals surface area contributed by atoms with Crippen LogP contribution in [0.2, 0.25) is 0 Å². The highest BCUT2D eigenvalue weighted by atomic mass is 32.1. The maximum Gasteiger partial charge on any atom is 0.155 e. The predicted molar refractivity (Wildman–Crippen MR) is 59.6 cm³/mol. The van der Waals surface area contributed by atoms with E-state index in [4.69, 9.17) is 0 Å². The molecule has 0 bridgehead atoms. The highest BCUT2D eigenvalue weighted by molar-refractivity contribution is 7.07. The van der Waals surface area contributed by atoms with Crippen LogP contribution < -0.4 is 0 Å². The molecule has 0 unspecified atom stereocenters. The van der Waals surface area contributed by atoms with Gasteiger partial charge in [-0.25, -0.2) is 0 Å². The molecule has 0 saturated heterocycles. The largest absolute Gasteiger partial charge is 0.295 e. The fraction of sp³-hybridized carbons (Fsp3) is 0.417. The number of carbonyl (C=O) groups excluding carboxylic acids is 1. The summed E-state index contributed by atoms with van der Waals surface area (Å²) in [6, 6.07) is 2.14. The van der Waals surface area contributed by atoms with Gasteiger partial charge in [0.25, 0.3) is 0 Å². The lowest BCUT2D eigenvalue weighted by Crippen LogP contribution is -1.92. The van der Waals surface area contributed by atoms with Gasteiger partial charge >= 0.3 is 0 Å². The Morgan fingerprint density at radius 2 is 2.14 bits per heavy atom. The van der Waals surface area contributed by atoms with E-state index in [2.05, 4.69) is 16.8 Å². The Morgan fingerprint density at radius 1 is 1.29 bits per heavy atom. The first-order chi connectivity index (χ1) is 6.84. The van der Waals surface area contributed by atoms with Gasteiger partial charge in [-0.15, -0.1) is 0 Å². The van der Waals surface area contributed by atoms with Gasteiger partial charge in [-0.05, 0) is 54.1 Å². The minimum atomic E-state index is 0.313. The molecule has 0 saturated carbocycles. The number of ketones is 1. The SMILES string of the molecule is O=C1C=C(Cc2ccsc2)CCCC1. The molecule has 2 heteroatoms. The van der Waals surface area contributed by atoms with E-state index in [1.165, 1.54) is 17.6 Å². The summed E-state index contributed by atoms with van der Waals surface area (Å²) >= 11 is 1.72. The van der Waals surface area contributed by atoms with Crippen LogP contribution in [0.4, 0.5) is 0 Å². The topological polar surface area (TPSA) is 17.1 Å². The molecule has 1 aromatic heterocycles. The molecule has 0 atom stereocenters. The van der Waals surface area contributed by atoms with Gasteiger partial charge in [0.2, 0.25) is 0 Å². The van der Waals surface area contributed by atoms with E-state index in [0.717, 1.165) is 25.7 Å². The zero-order valence-corrected chi connectivity index (χ0v) is 8.98. The Morgan fingerprint density at radius 3 is 2.93 bits per heavy atom. The monoisotopic (exact) mass is 206 g/mol. The molecule has 14 heavy (non-hydrogen) atoms. The van der Waals surface area contributed by atoms with Crippen molar-refractivity contribution in [1.29, 1.82) is 0 Å². The summed E-state index contributed by atoms with van der Waals surface area (Å²) in [5.41, 5.74) is 2.65. The van der Waals surface area contributed by atoms with Crippen molar-refractivity contribution in [3.05, 3.63) is 34.0 Å². The molecule has 0 aromatic carbocycles. The van der Waals surface area contributed by atoms with Crippen LogP contribution in [0.5, 0.6) is 0 Å². The van der Waals surface area contributed by atoms with Gasteiger partial charge in [0.05, 0.1) is 0 Å². The second-order valence-corrected chi connectivity index (χ2v) is 4.56. The van der Waals surface area contributed by atoms with Gasteiger partial charge in [0, 0.05) is 6.42 Å². The first kappa shape index (κ1) is 9.66. The molecule has 2 rings (SSSR count). The van der Waals surface area contributed by atoms with Crippen LogP contribution >= 0.6 is 11.3 Å². The predicted octanol–water partition coefficient (Wildman–Crippen LogP) is 3.36. The second-order valence-electron chi connectivity index (χ2n) is 3.78. The lowest BCUT2D eigenvalue weighted by atomic mass is 10.0. The van der Waals surface area contributed by atoms with E-state index in [0.29, 0.717) is 5.78 Å². The Bertz CT molecular complexity index is 335. The summed E-state index contributed by atoms with van der Waals surface area (Å²) in [5.74, 6) is 0.313. The van der Waals surface area contributed by atoms with E-state index in [1.807, 2.05) is 6.08 Å². The van der Waals surface area contributed by atoms with Crippen molar-refractivity contribution in [1.82, 2.24) is 0 Å². The highest BCUT2D eigenvalue weighted by Crippen LogP contribution is 2.20. The Kier molecular flexibility index (Phi) is 3.14. The number of carbonyl (C=O) groups is 1. The maximum atomic E-state index is 11.3. The normalized spacial score (nSPS) is 17.7. The molecule has 0 radical (unpaired) electrons. The van der Waals surface area contributed by atoms with Gasteiger partial charge in [0.1, 0.15) is 0 Å².